The molecule has 0 saturated heterocycles. The number of fused-ring (bicyclic) bond motifs is 1. The lowest BCUT2D eigenvalue weighted by Crippen LogP contribution is -2.39. The summed E-state index contributed by atoms with van der Waals surface area (Å²) in [7, 11) is 0. The number of carbonyl (C=O) groups excluding carboxylic acids is 1. The number of hydrogen-bond acceptors (Lipinski definition) is 6. The maximum atomic E-state index is 13.8. The van der Waals surface area contributed by atoms with Gasteiger partial charge in [0.1, 0.15) is 6.04 Å². The van der Waals surface area contributed by atoms with Gasteiger partial charge in [-0.1, -0.05) is 84.1 Å². The van der Waals surface area contributed by atoms with E-state index in [1.165, 1.54) is 22.7 Å². The highest BCUT2D eigenvalue weighted by Crippen LogP contribution is 2.36. The Kier molecular flexibility index (Phi) is 6.93. The number of thiazole rings is 1. The Balaban J connectivity index is 1.75. The van der Waals surface area contributed by atoms with Crippen molar-refractivity contribution in [3.8, 4) is 0 Å². The molecule has 0 fully saturated rings. The standard InChI is InChI=1S/C29H24N2O3S2/c1-3-34-28(33)24-25(21-13-8-5-9-14-21)30-29-31(26(24)22-15-10-16-35-22)27(32)23(36-29)18-19(2)17-20-11-6-4-7-12-20/h4-18,26H,3H2,1-2H3. The summed E-state index contributed by atoms with van der Waals surface area (Å²) in [6.45, 7) is 3.98. The van der Waals surface area contributed by atoms with Gasteiger partial charge >= 0.3 is 5.97 Å². The van der Waals surface area contributed by atoms with Gasteiger partial charge in [0.05, 0.1) is 22.4 Å². The zero-order chi connectivity index (χ0) is 25.1. The lowest BCUT2D eigenvalue weighted by atomic mass is 9.97. The molecule has 36 heavy (non-hydrogen) atoms. The third kappa shape index (κ3) is 4.67. The maximum Gasteiger partial charge on any atom is 0.338 e. The predicted molar refractivity (Wildman–Crippen MR) is 146 cm³/mol. The highest BCUT2D eigenvalue weighted by atomic mass is 32.1. The number of rotatable bonds is 6. The van der Waals surface area contributed by atoms with E-state index < -0.39 is 12.0 Å². The topological polar surface area (TPSA) is 60.7 Å². The minimum Gasteiger partial charge on any atom is -0.463 e. The molecule has 1 atom stereocenters. The Morgan fingerprint density at radius 3 is 2.44 bits per heavy atom. The Labute approximate surface area is 216 Å². The van der Waals surface area contributed by atoms with Gasteiger partial charge in [-0.15, -0.1) is 11.3 Å². The smallest absolute Gasteiger partial charge is 0.338 e. The van der Waals surface area contributed by atoms with Crippen LogP contribution in [-0.4, -0.2) is 17.1 Å². The van der Waals surface area contributed by atoms with Gasteiger partial charge in [-0.2, -0.15) is 0 Å². The molecule has 2 aromatic heterocycles. The minimum absolute atomic E-state index is 0.174. The first kappa shape index (κ1) is 23.9. The van der Waals surface area contributed by atoms with Gasteiger partial charge in [0.2, 0.25) is 0 Å². The SMILES string of the molecule is CCOC(=O)C1=C(c2ccccc2)N=c2sc(=CC(C)=Cc3ccccc3)c(=O)n2C1c1cccs1. The van der Waals surface area contributed by atoms with Gasteiger partial charge in [-0.05, 0) is 42.5 Å². The van der Waals surface area contributed by atoms with Gasteiger partial charge in [-0.3, -0.25) is 9.36 Å². The number of ether oxygens (including phenoxy) is 1. The summed E-state index contributed by atoms with van der Waals surface area (Å²) in [4.78, 5) is 33.4. The van der Waals surface area contributed by atoms with Crippen molar-refractivity contribution in [1.82, 2.24) is 4.57 Å². The lowest BCUT2D eigenvalue weighted by Gasteiger charge is -2.24. The maximum absolute atomic E-state index is 13.8. The van der Waals surface area contributed by atoms with E-state index in [4.69, 9.17) is 9.73 Å². The van der Waals surface area contributed by atoms with Crippen LogP contribution in [0.15, 0.2) is 99.1 Å². The van der Waals surface area contributed by atoms with Gasteiger partial charge < -0.3 is 4.74 Å². The second-order valence-electron chi connectivity index (χ2n) is 8.25. The van der Waals surface area contributed by atoms with E-state index in [0.29, 0.717) is 20.6 Å². The number of aromatic nitrogens is 1. The highest BCUT2D eigenvalue weighted by molar-refractivity contribution is 7.10. The minimum atomic E-state index is -0.615. The number of carbonyl (C=O) groups is 1. The zero-order valence-corrected chi connectivity index (χ0v) is 21.5. The molecule has 0 N–H and O–H groups in total. The van der Waals surface area contributed by atoms with Crippen molar-refractivity contribution in [2.24, 2.45) is 4.99 Å². The molecule has 3 heterocycles. The quantitative estimate of drug-likeness (QED) is 0.340. The molecule has 0 aliphatic carbocycles. The summed E-state index contributed by atoms with van der Waals surface area (Å²) in [6, 6.07) is 22.8. The van der Waals surface area contributed by atoms with E-state index in [9.17, 15) is 9.59 Å². The Morgan fingerprint density at radius 1 is 1.06 bits per heavy atom. The summed E-state index contributed by atoms with van der Waals surface area (Å²) in [6.07, 6.45) is 3.92. The van der Waals surface area contributed by atoms with Crippen LogP contribution >= 0.6 is 22.7 Å². The Hall–Kier alpha value is -3.81. The molecule has 1 aliphatic heterocycles. The number of benzene rings is 2. The van der Waals surface area contributed by atoms with Crippen LogP contribution in [0.5, 0.6) is 0 Å². The molecule has 5 nitrogen and oxygen atoms in total. The number of esters is 1. The fourth-order valence-corrected chi connectivity index (χ4v) is 6.09. The normalized spacial score (nSPS) is 16.0. The van der Waals surface area contributed by atoms with E-state index in [1.54, 1.807) is 11.5 Å². The van der Waals surface area contributed by atoms with Crippen LogP contribution in [-0.2, 0) is 9.53 Å². The van der Waals surface area contributed by atoms with E-state index in [2.05, 4.69) is 0 Å². The molecule has 0 amide bonds. The fourth-order valence-electron chi connectivity index (χ4n) is 4.22. The van der Waals surface area contributed by atoms with Crippen LogP contribution in [0.1, 0.15) is 35.9 Å². The summed E-state index contributed by atoms with van der Waals surface area (Å²) in [5.74, 6) is -0.465. The van der Waals surface area contributed by atoms with E-state index in [-0.39, 0.29) is 12.2 Å². The monoisotopic (exact) mass is 512 g/mol. The molecular formula is C29H24N2O3S2. The van der Waals surface area contributed by atoms with Crippen molar-refractivity contribution in [1.29, 1.82) is 0 Å². The number of nitrogens with zero attached hydrogens (tertiary/aromatic N) is 2. The fraction of sp³-hybridized carbons (Fsp3) is 0.138. The number of thiophene rings is 1. The molecule has 4 aromatic rings. The molecule has 7 heteroatoms. The van der Waals surface area contributed by atoms with Crippen molar-refractivity contribution in [3.63, 3.8) is 0 Å². The van der Waals surface area contributed by atoms with E-state index in [0.717, 1.165) is 21.6 Å². The Bertz CT molecular complexity index is 1630. The first-order valence-electron chi connectivity index (χ1n) is 11.6. The lowest BCUT2D eigenvalue weighted by molar-refractivity contribution is -0.138. The van der Waals surface area contributed by atoms with E-state index in [1.807, 2.05) is 97.3 Å². The largest absolute Gasteiger partial charge is 0.463 e. The molecule has 1 aliphatic rings. The molecule has 1 unspecified atom stereocenters. The van der Waals surface area contributed by atoms with Crippen LogP contribution in [0.2, 0.25) is 0 Å². The molecular weight excluding hydrogens is 488 g/mol. The van der Waals surface area contributed by atoms with Gasteiger partial charge in [0.25, 0.3) is 5.56 Å². The highest BCUT2D eigenvalue weighted by Gasteiger charge is 2.35. The van der Waals surface area contributed by atoms with Gasteiger partial charge in [-0.25, -0.2) is 9.79 Å². The van der Waals surface area contributed by atoms with Crippen LogP contribution in [0.25, 0.3) is 17.8 Å². The first-order valence-corrected chi connectivity index (χ1v) is 13.3. The molecule has 2 aromatic carbocycles. The second-order valence-corrected chi connectivity index (χ2v) is 10.2. The summed E-state index contributed by atoms with van der Waals surface area (Å²) < 4.78 is 7.68. The first-order chi connectivity index (χ1) is 17.6. The van der Waals surface area contributed by atoms with Crippen molar-refractivity contribution < 1.29 is 9.53 Å². The van der Waals surface area contributed by atoms with Crippen molar-refractivity contribution in [2.45, 2.75) is 19.9 Å². The predicted octanol–water partition coefficient (Wildman–Crippen LogP) is 5.05. The average Bonchev–Trinajstić information content (AvgIpc) is 3.53. The summed E-state index contributed by atoms with van der Waals surface area (Å²) >= 11 is 2.84. The Morgan fingerprint density at radius 2 is 1.78 bits per heavy atom. The third-order valence-electron chi connectivity index (χ3n) is 5.74. The molecule has 0 saturated carbocycles. The average molecular weight is 513 g/mol. The summed E-state index contributed by atoms with van der Waals surface area (Å²) in [5, 5.41) is 1.95. The third-order valence-corrected chi connectivity index (χ3v) is 7.65. The van der Waals surface area contributed by atoms with Crippen LogP contribution in [0.4, 0.5) is 0 Å². The van der Waals surface area contributed by atoms with Crippen LogP contribution in [0, 0.1) is 0 Å². The summed E-state index contributed by atoms with van der Waals surface area (Å²) in [5.41, 5.74) is 3.56. The zero-order valence-electron chi connectivity index (χ0n) is 19.9. The molecule has 0 spiro atoms. The number of hydrogen-bond donors (Lipinski definition) is 0. The van der Waals surface area contributed by atoms with Crippen LogP contribution in [0.3, 0.4) is 0 Å². The van der Waals surface area contributed by atoms with Crippen molar-refractivity contribution in [3.05, 3.63) is 125 Å². The molecule has 5 rings (SSSR count). The molecule has 180 valence electrons. The van der Waals surface area contributed by atoms with Gasteiger partial charge in [0.15, 0.2) is 4.80 Å². The van der Waals surface area contributed by atoms with E-state index >= 15 is 0 Å². The van der Waals surface area contributed by atoms with Crippen LogP contribution < -0.4 is 14.9 Å². The molecule has 0 radical (unpaired) electrons. The molecule has 0 bridgehead atoms. The second kappa shape index (κ2) is 10.4. The van der Waals surface area contributed by atoms with Gasteiger partial charge in [0, 0.05) is 10.4 Å². The number of allylic oxidation sites excluding steroid dienone is 1. The van der Waals surface area contributed by atoms with Crippen molar-refractivity contribution >= 4 is 46.5 Å². The van der Waals surface area contributed by atoms with Crippen molar-refractivity contribution in [2.75, 3.05) is 6.61 Å².